The smallest absolute Gasteiger partial charge is 0.345 e. The van der Waals surface area contributed by atoms with Crippen molar-refractivity contribution in [1.29, 1.82) is 0 Å². The molecule has 2 fully saturated rings. The first-order valence-electron chi connectivity index (χ1n) is 9.66. The summed E-state index contributed by atoms with van der Waals surface area (Å²) in [5, 5.41) is 4.49. The van der Waals surface area contributed by atoms with E-state index in [1.165, 1.54) is 4.68 Å². The Morgan fingerprint density at radius 3 is 2.56 bits per heavy atom. The molecular formula is C20H26N4O3. The van der Waals surface area contributed by atoms with Gasteiger partial charge in [-0.1, -0.05) is 18.2 Å². The Morgan fingerprint density at radius 2 is 1.89 bits per heavy atom. The van der Waals surface area contributed by atoms with E-state index < -0.39 is 0 Å². The number of rotatable bonds is 5. The van der Waals surface area contributed by atoms with Gasteiger partial charge in [0.15, 0.2) is 6.61 Å². The number of aromatic nitrogens is 3. The van der Waals surface area contributed by atoms with Crippen molar-refractivity contribution in [1.82, 2.24) is 19.2 Å². The predicted octanol–water partition coefficient (Wildman–Crippen LogP) is 2.01. The summed E-state index contributed by atoms with van der Waals surface area (Å²) in [4.78, 5) is 26.7. The van der Waals surface area contributed by atoms with Gasteiger partial charge in [0, 0.05) is 32.1 Å². The molecular weight excluding hydrogens is 344 g/mol. The molecule has 1 aliphatic heterocycles. The number of hydrogen-bond donors (Lipinski definition) is 0. The fourth-order valence-corrected chi connectivity index (χ4v) is 3.79. The van der Waals surface area contributed by atoms with Crippen molar-refractivity contribution in [3.8, 4) is 5.75 Å². The van der Waals surface area contributed by atoms with Gasteiger partial charge in [-0.15, -0.1) is 0 Å². The van der Waals surface area contributed by atoms with Gasteiger partial charge in [0.25, 0.3) is 5.91 Å². The van der Waals surface area contributed by atoms with Crippen LogP contribution in [0.1, 0.15) is 49.0 Å². The number of nitrogens with zero attached hydrogens (tertiary/aromatic N) is 4. The molecule has 0 atom stereocenters. The summed E-state index contributed by atoms with van der Waals surface area (Å²) in [6.07, 6.45) is 3.79. The number of piperidine rings is 1. The average Bonchev–Trinajstić information content (AvgIpc) is 3.47. The van der Waals surface area contributed by atoms with Crippen molar-refractivity contribution >= 4 is 5.91 Å². The molecule has 1 aliphatic carbocycles. The van der Waals surface area contributed by atoms with Crippen LogP contribution < -0.4 is 10.4 Å². The first-order valence-corrected chi connectivity index (χ1v) is 9.66. The van der Waals surface area contributed by atoms with Crippen LogP contribution in [-0.4, -0.2) is 44.9 Å². The quantitative estimate of drug-likeness (QED) is 0.807. The standard InChI is InChI=1S/C20H26N4O3/c1-14-5-3-4-6-17(14)27-13-18(25)23-11-9-15(10-12-23)19-21-22(2)20(26)24(19)16-7-8-16/h3-6,15-16H,7-13H2,1-2H3. The van der Waals surface area contributed by atoms with Gasteiger partial charge in [0.1, 0.15) is 11.6 Å². The average molecular weight is 370 g/mol. The summed E-state index contributed by atoms with van der Waals surface area (Å²) in [6.45, 7) is 3.38. The van der Waals surface area contributed by atoms with E-state index in [-0.39, 0.29) is 24.1 Å². The fourth-order valence-electron chi connectivity index (χ4n) is 3.79. The molecule has 0 N–H and O–H groups in total. The van der Waals surface area contributed by atoms with E-state index in [9.17, 15) is 9.59 Å². The minimum Gasteiger partial charge on any atom is -0.484 e. The number of likely N-dealkylation sites (tertiary alicyclic amines) is 1. The molecule has 0 spiro atoms. The second-order valence-corrected chi connectivity index (χ2v) is 7.57. The van der Waals surface area contributed by atoms with Crippen LogP contribution in [0.5, 0.6) is 5.75 Å². The number of benzene rings is 1. The minimum atomic E-state index is -0.0161. The van der Waals surface area contributed by atoms with E-state index in [1.54, 1.807) is 7.05 Å². The maximum atomic E-state index is 12.5. The summed E-state index contributed by atoms with van der Waals surface area (Å²) < 4.78 is 9.01. The molecule has 7 nitrogen and oxygen atoms in total. The molecule has 1 amide bonds. The number of hydrogen-bond acceptors (Lipinski definition) is 4. The zero-order valence-corrected chi connectivity index (χ0v) is 15.9. The lowest BCUT2D eigenvalue weighted by Gasteiger charge is -2.31. The molecule has 2 heterocycles. The van der Waals surface area contributed by atoms with E-state index in [2.05, 4.69) is 5.10 Å². The van der Waals surface area contributed by atoms with Crippen molar-refractivity contribution in [2.24, 2.45) is 7.05 Å². The molecule has 1 saturated heterocycles. The maximum absolute atomic E-state index is 12.5. The van der Waals surface area contributed by atoms with Crippen molar-refractivity contribution in [3.05, 3.63) is 46.1 Å². The largest absolute Gasteiger partial charge is 0.484 e. The number of aryl methyl sites for hydroxylation is 2. The molecule has 2 aliphatic rings. The Kier molecular flexibility index (Phi) is 4.76. The zero-order valence-electron chi connectivity index (χ0n) is 15.9. The van der Waals surface area contributed by atoms with Crippen LogP contribution in [0.25, 0.3) is 0 Å². The summed E-state index contributed by atoms with van der Waals surface area (Å²) >= 11 is 0. The zero-order chi connectivity index (χ0) is 19.0. The molecule has 2 aromatic rings. The summed E-state index contributed by atoms with van der Waals surface area (Å²) in [5.41, 5.74) is 1.01. The predicted molar refractivity (Wildman–Crippen MR) is 101 cm³/mol. The van der Waals surface area contributed by atoms with E-state index in [0.29, 0.717) is 19.1 Å². The highest BCUT2D eigenvalue weighted by Crippen LogP contribution is 2.37. The second kappa shape index (κ2) is 7.21. The fraction of sp³-hybridized carbons (Fsp3) is 0.550. The van der Waals surface area contributed by atoms with Gasteiger partial charge in [-0.05, 0) is 44.2 Å². The highest BCUT2D eigenvalue weighted by atomic mass is 16.5. The van der Waals surface area contributed by atoms with Crippen molar-refractivity contribution in [3.63, 3.8) is 0 Å². The molecule has 144 valence electrons. The Bertz CT molecular complexity index is 889. The van der Waals surface area contributed by atoms with Crippen LogP contribution in [0.4, 0.5) is 0 Å². The lowest BCUT2D eigenvalue weighted by atomic mass is 9.96. The molecule has 7 heteroatoms. The third-order valence-corrected chi connectivity index (χ3v) is 5.55. The highest BCUT2D eigenvalue weighted by molar-refractivity contribution is 5.77. The van der Waals surface area contributed by atoms with Gasteiger partial charge in [0.2, 0.25) is 0 Å². The molecule has 1 saturated carbocycles. The Morgan fingerprint density at radius 1 is 1.19 bits per heavy atom. The number of carbonyl (C=O) groups is 1. The van der Waals surface area contributed by atoms with Crippen LogP contribution in [0.15, 0.2) is 29.1 Å². The lowest BCUT2D eigenvalue weighted by Crippen LogP contribution is -2.41. The lowest BCUT2D eigenvalue weighted by molar-refractivity contribution is -0.134. The van der Waals surface area contributed by atoms with Gasteiger partial charge in [-0.25, -0.2) is 9.48 Å². The van der Waals surface area contributed by atoms with E-state index in [1.807, 2.05) is 40.7 Å². The third kappa shape index (κ3) is 3.63. The van der Waals surface area contributed by atoms with Gasteiger partial charge in [0.05, 0.1) is 0 Å². The van der Waals surface area contributed by atoms with E-state index in [0.717, 1.165) is 42.8 Å². The Labute approximate surface area is 158 Å². The van der Waals surface area contributed by atoms with Crippen molar-refractivity contribution < 1.29 is 9.53 Å². The summed E-state index contributed by atoms with van der Waals surface area (Å²) in [5.74, 6) is 1.90. The molecule has 0 unspecified atom stereocenters. The first kappa shape index (κ1) is 17.8. The van der Waals surface area contributed by atoms with Gasteiger partial charge in [-0.3, -0.25) is 9.36 Å². The topological polar surface area (TPSA) is 69.4 Å². The summed E-state index contributed by atoms with van der Waals surface area (Å²) in [6, 6.07) is 8.03. The Hall–Kier alpha value is -2.57. The SMILES string of the molecule is Cc1ccccc1OCC(=O)N1CCC(c2nn(C)c(=O)n2C2CC2)CC1. The number of carbonyl (C=O) groups excluding carboxylic acids is 1. The van der Waals surface area contributed by atoms with Crippen LogP contribution in [0, 0.1) is 6.92 Å². The molecule has 27 heavy (non-hydrogen) atoms. The number of para-hydroxylation sites is 1. The van der Waals surface area contributed by atoms with Crippen molar-refractivity contribution in [2.45, 2.75) is 44.6 Å². The second-order valence-electron chi connectivity index (χ2n) is 7.57. The molecule has 0 bridgehead atoms. The molecule has 1 aromatic heterocycles. The van der Waals surface area contributed by atoms with Gasteiger partial charge < -0.3 is 9.64 Å². The maximum Gasteiger partial charge on any atom is 0.345 e. The Balaban J connectivity index is 1.35. The highest BCUT2D eigenvalue weighted by Gasteiger charge is 2.34. The van der Waals surface area contributed by atoms with Gasteiger partial charge in [-0.2, -0.15) is 5.10 Å². The molecule has 1 aromatic carbocycles. The van der Waals surface area contributed by atoms with Crippen LogP contribution >= 0.6 is 0 Å². The monoisotopic (exact) mass is 370 g/mol. The van der Waals surface area contributed by atoms with Crippen LogP contribution in [0.2, 0.25) is 0 Å². The molecule has 4 rings (SSSR count). The van der Waals surface area contributed by atoms with E-state index in [4.69, 9.17) is 4.74 Å². The number of ether oxygens (including phenoxy) is 1. The third-order valence-electron chi connectivity index (χ3n) is 5.55. The van der Waals surface area contributed by atoms with Crippen LogP contribution in [0.3, 0.4) is 0 Å². The first-order chi connectivity index (χ1) is 13.0. The molecule has 0 radical (unpaired) electrons. The van der Waals surface area contributed by atoms with Crippen LogP contribution in [-0.2, 0) is 11.8 Å². The summed E-state index contributed by atoms with van der Waals surface area (Å²) in [7, 11) is 1.71. The minimum absolute atomic E-state index is 0.0114. The normalized spacial score (nSPS) is 17.9. The van der Waals surface area contributed by atoms with Gasteiger partial charge >= 0.3 is 5.69 Å². The van der Waals surface area contributed by atoms with E-state index >= 15 is 0 Å². The number of amides is 1. The van der Waals surface area contributed by atoms with Crippen molar-refractivity contribution in [2.75, 3.05) is 19.7 Å².